The lowest BCUT2D eigenvalue weighted by atomic mass is 9.88. The topological polar surface area (TPSA) is 49.3 Å². The number of hydrogen-bond acceptors (Lipinski definition) is 4. The number of carbonyl (C=O) groups is 1. The van der Waals surface area contributed by atoms with Crippen LogP contribution >= 0.6 is 23.1 Å². The van der Waals surface area contributed by atoms with Gasteiger partial charge in [0, 0.05) is 28.1 Å². The second kappa shape index (κ2) is 6.77. The lowest BCUT2D eigenvalue weighted by Gasteiger charge is -2.36. The second-order valence-corrected chi connectivity index (χ2v) is 7.43. The third kappa shape index (κ3) is 3.97. The Bertz CT molecular complexity index is 425. The molecular weight excluding hydrogens is 278 g/mol. The third-order valence-electron chi connectivity index (χ3n) is 3.84. The minimum absolute atomic E-state index is 0.394. The summed E-state index contributed by atoms with van der Waals surface area (Å²) in [6.45, 7) is 1.80. The summed E-state index contributed by atoms with van der Waals surface area (Å²) >= 11 is 3.51. The van der Waals surface area contributed by atoms with Crippen molar-refractivity contribution >= 4 is 29.1 Å². The SMILES string of the molecule is CSC1(CNCc2cc(C(=O)O)cs2)CCCCC1. The molecule has 0 unspecified atom stereocenters. The lowest BCUT2D eigenvalue weighted by molar-refractivity contribution is 0.0697. The summed E-state index contributed by atoms with van der Waals surface area (Å²) in [6, 6.07) is 1.77. The molecule has 106 valence electrons. The molecule has 1 saturated carbocycles. The van der Waals surface area contributed by atoms with Gasteiger partial charge in [-0.15, -0.1) is 11.3 Å². The summed E-state index contributed by atoms with van der Waals surface area (Å²) < 4.78 is 0.394. The highest BCUT2D eigenvalue weighted by Gasteiger charge is 2.30. The first kappa shape index (κ1) is 14.9. The largest absolute Gasteiger partial charge is 0.478 e. The molecule has 1 aliphatic rings. The molecule has 1 aromatic rings. The highest BCUT2D eigenvalue weighted by molar-refractivity contribution is 8.00. The Morgan fingerprint density at radius 3 is 2.79 bits per heavy atom. The highest BCUT2D eigenvalue weighted by atomic mass is 32.2. The first-order valence-electron chi connectivity index (χ1n) is 6.72. The van der Waals surface area contributed by atoms with Crippen LogP contribution in [0.1, 0.15) is 47.3 Å². The molecule has 19 heavy (non-hydrogen) atoms. The van der Waals surface area contributed by atoms with Crippen molar-refractivity contribution in [1.29, 1.82) is 0 Å². The zero-order valence-electron chi connectivity index (χ0n) is 11.3. The maximum atomic E-state index is 10.8. The fourth-order valence-corrected chi connectivity index (χ4v) is 4.42. The summed E-state index contributed by atoms with van der Waals surface area (Å²) in [7, 11) is 0. The van der Waals surface area contributed by atoms with Gasteiger partial charge in [-0.1, -0.05) is 19.3 Å². The molecule has 3 nitrogen and oxygen atoms in total. The van der Waals surface area contributed by atoms with Crippen LogP contribution in [0.5, 0.6) is 0 Å². The summed E-state index contributed by atoms with van der Waals surface area (Å²) in [4.78, 5) is 11.9. The van der Waals surface area contributed by atoms with E-state index in [2.05, 4.69) is 11.6 Å². The number of carboxylic acids is 1. The second-order valence-electron chi connectivity index (χ2n) is 5.16. The molecule has 0 radical (unpaired) electrons. The van der Waals surface area contributed by atoms with Crippen molar-refractivity contribution in [1.82, 2.24) is 5.32 Å². The van der Waals surface area contributed by atoms with Crippen LogP contribution in [0, 0.1) is 0 Å². The number of aromatic carboxylic acids is 1. The minimum Gasteiger partial charge on any atom is -0.478 e. The van der Waals surface area contributed by atoms with Gasteiger partial charge in [-0.2, -0.15) is 11.8 Å². The van der Waals surface area contributed by atoms with Crippen LogP contribution in [0.25, 0.3) is 0 Å². The van der Waals surface area contributed by atoms with E-state index >= 15 is 0 Å². The Labute approximate surface area is 122 Å². The maximum absolute atomic E-state index is 10.8. The van der Waals surface area contributed by atoms with Gasteiger partial charge in [-0.3, -0.25) is 0 Å². The van der Waals surface area contributed by atoms with E-state index in [0.29, 0.717) is 10.3 Å². The molecule has 2 N–H and O–H groups in total. The van der Waals surface area contributed by atoms with Crippen molar-refractivity contribution in [3.05, 3.63) is 21.9 Å². The van der Waals surface area contributed by atoms with E-state index in [1.165, 1.54) is 43.4 Å². The fraction of sp³-hybridized carbons (Fsp3) is 0.643. The highest BCUT2D eigenvalue weighted by Crippen LogP contribution is 2.38. The zero-order valence-corrected chi connectivity index (χ0v) is 12.9. The minimum atomic E-state index is -0.838. The molecule has 5 heteroatoms. The molecule has 1 fully saturated rings. The van der Waals surface area contributed by atoms with Gasteiger partial charge in [0.1, 0.15) is 0 Å². The van der Waals surface area contributed by atoms with Gasteiger partial charge in [0.05, 0.1) is 5.56 Å². The van der Waals surface area contributed by atoms with E-state index in [9.17, 15) is 4.79 Å². The maximum Gasteiger partial charge on any atom is 0.336 e. The van der Waals surface area contributed by atoms with Gasteiger partial charge in [0.25, 0.3) is 0 Å². The predicted molar refractivity (Wildman–Crippen MR) is 82.3 cm³/mol. The number of nitrogens with one attached hydrogen (secondary N) is 1. The molecule has 0 aliphatic heterocycles. The van der Waals surface area contributed by atoms with Crippen LogP contribution in [-0.4, -0.2) is 28.6 Å². The van der Waals surface area contributed by atoms with Gasteiger partial charge < -0.3 is 10.4 Å². The monoisotopic (exact) mass is 299 g/mol. The Hall–Kier alpha value is -0.520. The van der Waals surface area contributed by atoms with E-state index < -0.39 is 5.97 Å². The van der Waals surface area contributed by atoms with Gasteiger partial charge >= 0.3 is 5.97 Å². The molecule has 0 bridgehead atoms. The lowest BCUT2D eigenvalue weighted by Crippen LogP contribution is -2.38. The van der Waals surface area contributed by atoms with Crippen molar-refractivity contribution in [2.45, 2.75) is 43.4 Å². The summed E-state index contributed by atoms with van der Waals surface area (Å²) in [5.41, 5.74) is 0.402. The number of thiophene rings is 1. The van der Waals surface area contributed by atoms with Crippen LogP contribution in [-0.2, 0) is 6.54 Å². The van der Waals surface area contributed by atoms with Crippen LogP contribution in [0.15, 0.2) is 11.4 Å². The van der Waals surface area contributed by atoms with Gasteiger partial charge in [-0.25, -0.2) is 4.79 Å². The van der Waals surface area contributed by atoms with Crippen LogP contribution in [0.3, 0.4) is 0 Å². The van der Waals surface area contributed by atoms with Crippen LogP contribution in [0.2, 0.25) is 0 Å². The first-order valence-corrected chi connectivity index (χ1v) is 8.82. The van der Waals surface area contributed by atoms with E-state index in [1.807, 2.05) is 11.8 Å². The van der Waals surface area contributed by atoms with E-state index in [1.54, 1.807) is 11.4 Å². The number of thioether (sulfide) groups is 1. The van der Waals surface area contributed by atoms with E-state index in [4.69, 9.17) is 5.11 Å². The quantitative estimate of drug-likeness (QED) is 0.842. The molecule has 0 spiro atoms. The Kier molecular flexibility index (Phi) is 5.30. The average molecular weight is 299 g/mol. The number of rotatable bonds is 6. The normalized spacial score (nSPS) is 18.4. The van der Waals surface area contributed by atoms with Crippen LogP contribution < -0.4 is 5.32 Å². The van der Waals surface area contributed by atoms with Gasteiger partial charge in [0.15, 0.2) is 0 Å². The zero-order chi connectivity index (χ0) is 13.7. The van der Waals surface area contributed by atoms with Gasteiger partial charge in [0.2, 0.25) is 0 Å². The van der Waals surface area contributed by atoms with Crippen LogP contribution in [0.4, 0.5) is 0 Å². The summed E-state index contributed by atoms with van der Waals surface area (Å²) in [5.74, 6) is -0.838. The summed E-state index contributed by atoms with van der Waals surface area (Å²) in [5, 5.41) is 14.1. The van der Waals surface area contributed by atoms with Crippen molar-refractivity contribution in [2.75, 3.05) is 12.8 Å². The Morgan fingerprint density at radius 2 is 2.21 bits per heavy atom. The molecule has 0 atom stereocenters. The molecule has 0 amide bonds. The average Bonchev–Trinajstić information content (AvgIpc) is 2.89. The molecular formula is C14H21NO2S2. The standard InChI is InChI=1S/C14H21NO2S2/c1-18-14(5-3-2-4-6-14)10-15-8-12-7-11(9-19-12)13(16)17/h7,9,15H,2-6,8,10H2,1H3,(H,16,17). The van der Waals surface area contributed by atoms with E-state index in [-0.39, 0.29) is 0 Å². The van der Waals surface area contributed by atoms with Gasteiger partial charge in [-0.05, 0) is 25.2 Å². The molecule has 0 saturated heterocycles. The number of carboxylic acid groups (broad SMARTS) is 1. The Morgan fingerprint density at radius 1 is 1.47 bits per heavy atom. The third-order valence-corrected chi connectivity index (χ3v) is 6.20. The smallest absolute Gasteiger partial charge is 0.336 e. The predicted octanol–water partition coefficient (Wildman–Crippen LogP) is 3.60. The van der Waals surface area contributed by atoms with Crippen molar-refractivity contribution in [2.24, 2.45) is 0 Å². The molecule has 0 aromatic carbocycles. The van der Waals surface area contributed by atoms with Crippen molar-refractivity contribution < 1.29 is 9.90 Å². The number of hydrogen-bond donors (Lipinski definition) is 2. The molecule has 1 heterocycles. The van der Waals surface area contributed by atoms with E-state index in [0.717, 1.165) is 18.0 Å². The molecule has 1 aromatic heterocycles. The first-order chi connectivity index (χ1) is 9.15. The molecule has 1 aliphatic carbocycles. The fourth-order valence-electron chi connectivity index (χ4n) is 2.65. The summed E-state index contributed by atoms with van der Waals surface area (Å²) in [6.07, 6.45) is 8.85. The Balaban J connectivity index is 1.82. The van der Waals surface area contributed by atoms with Crippen molar-refractivity contribution in [3.63, 3.8) is 0 Å². The van der Waals surface area contributed by atoms with Crippen molar-refractivity contribution in [3.8, 4) is 0 Å². The molecule has 2 rings (SSSR count).